The van der Waals surface area contributed by atoms with Gasteiger partial charge in [-0.2, -0.15) is 0 Å². The fourth-order valence-electron chi connectivity index (χ4n) is 2.36. The Balaban J connectivity index is 1.64. The lowest BCUT2D eigenvalue weighted by Crippen LogP contribution is -2.31. The van der Waals surface area contributed by atoms with Crippen molar-refractivity contribution < 1.29 is 19.1 Å². The predicted octanol–water partition coefficient (Wildman–Crippen LogP) is 2.42. The summed E-state index contributed by atoms with van der Waals surface area (Å²) in [5, 5.41) is 2.79. The predicted molar refractivity (Wildman–Crippen MR) is 81.0 cm³/mol. The average molecular weight is 297 g/mol. The van der Waals surface area contributed by atoms with Gasteiger partial charge in [0.1, 0.15) is 5.75 Å². The maximum atomic E-state index is 12.2. The summed E-state index contributed by atoms with van der Waals surface area (Å²) in [5.41, 5.74) is 2.07. The van der Waals surface area contributed by atoms with Crippen molar-refractivity contribution in [2.24, 2.45) is 0 Å². The first-order valence-corrected chi connectivity index (χ1v) is 6.91. The highest BCUT2D eigenvalue weighted by Gasteiger charge is 2.28. The van der Waals surface area contributed by atoms with Crippen LogP contribution >= 0.6 is 0 Å². The number of fused-ring (bicyclic) bond motifs is 1. The van der Waals surface area contributed by atoms with Gasteiger partial charge in [0.2, 0.25) is 0 Å². The third-order valence-electron chi connectivity index (χ3n) is 3.51. The van der Waals surface area contributed by atoms with Crippen LogP contribution in [0.15, 0.2) is 48.5 Å². The van der Waals surface area contributed by atoms with E-state index < -0.39 is 12.1 Å². The molecule has 5 heteroatoms. The standard InChI is InChI=1S/C17H15NO4/c1-21-17(20)11-6-8-13(9-7-11)18-16(19)15-10-12-4-2-3-5-14(12)22-15/h2-9,15H,10H2,1H3,(H,18,19)/t15-/m1/s1. The minimum Gasteiger partial charge on any atom is -0.480 e. The third-order valence-corrected chi connectivity index (χ3v) is 3.51. The smallest absolute Gasteiger partial charge is 0.337 e. The molecule has 1 N–H and O–H groups in total. The first-order valence-electron chi connectivity index (χ1n) is 6.91. The number of nitrogens with one attached hydrogen (secondary N) is 1. The van der Waals surface area contributed by atoms with Crippen molar-refractivity contribution >= 4 is 17.6 Å². The number of rotatable bonds is 3. The van der Waals surface area contributed by atoms with E-state index in [9.17, 15) is 9.59 Å². The molecule has 1 heterocycles. The Kier molecular flexibility index (Phi) is 3.78. The number of benzene rings is 2. The summed E-state index contributed by atoms with van der Waals surface area (Å²) in [5.74, 6) is 0.137. The average Bonchev–Trinajstić information content (AvgIpc) is 2.99. The number of esters is 1. The van der Waals surface area contributed by atoms with Crippen molar-refractivity contribution in [2.75, 3.05) is 12.4 Å². The van der Waals surface area contributed by atoms with Gasteiger partial charge in [-0.05, 0) is 35.9 Å². The van der Waals surface area contributed by atoms with Crippen LogP contribution in [0, 0.1) is 0 Å². The van der Waals surface area contributed by atoms with Crippen LogP contribution in [0.2, 0.25) is 0 Å². The molecule has 2 aromatic rings. The highest BCUT2D eigenvalue weighted by molar-refractivity contribution is 5.96. The zero-order chi connectivity index (χ0) is 15.5. The van der Waals surface area contributed by atoms with Crippen molar-refractivity contribution in [2.45, 2.75) is 12.5 Å². The summed E-state index contributed by atoms with van der Waals surface area (Å²) < 4.78 is 10.3. The van der Waals surface area contributed by atoms with Crippen molar-refractivity contribution in [1.82, 2.24) is 0 Å². The Hall–Kier alpha value is -2.82. The van der Waals surface area contributed by atoms with E-state index in [4.69, 9.17) is 4.74 Å². The minimum atomic E-state index is -0.530. The normalized spacial score (nSPS) is 15.6. The molecular weight excluding hydrogens is 282 g/mol. The van der Waals surface area contributed by atoms with Gasteiger partial charge in [-0.3, -0.25) is 4.79 Å². The van der Waals surface area contributed by atoms with E-state index in [1.54, 1.807) is 24.3 Å². The van der Waals surface area contributed by atoms with Crippen molar-refractivity contribution in [3.8, 4) is 5.75 Å². The van der Waals surface area contributed by atoms with Gasteiger partial charge >= 0.3 is 5.97 Å². The largest absolute Gasteiger partial charge is 0.480 e. The zero-order valence-corrected chi connectivity index (χ0v) is 12.0. The summed E-state index contributed by atoms with van der Waals surface area (Å²) in [4.78, 5) is 23.6. The van der Waals surface area contributed by atoms with E-state index in [1.165, 1.54) is 7.11 Å². The monoisotopic (exact) mass is 297 g/mol. The quantitative estimate of drug-likeness (QED) is 0.884. The lowest BCUT2D eigenvalue weighted by molar-refractivity contribution is -0.122. The topological polar surface area (TPSA) is 64.6 Å². The Morgan fingerprint density at radius 2 is 1.86 bits per heavy atom. The molecular formula is C17H15NO4. The molecule has 0 aliphatic carbocycles. The van der Waals surface area contributed by atoms with E-state index in [2.05, 4.69) is 10.1 Å². The molecule has 0 unspecified atom stereocenters. The van der Waals surface area contributed by atoms with Crippen LogP contribution < -0.4 is 10.1 Å². The Morgan fingerprint density at radius 1 is 1.14 bits per heavy atom. The third kappa shape index (κ3) is 2.79. The number of anilines is 1. The van der Waals surface area contributed by atoms with E-state index >= 15 is 0 Å². The maximum Gasteiger partial charge on any atom is 0.337 e. The zero-order valence-electron chi connectivity index (χ0n) is 12.0. The molecule has 0 radical (unpaired) electrons. The summed E-state index contributed by atoms with van der Waals surface area (Å²) in [6.45, 7) is 0. The van der Waals surface area contributed by atoms with Gasteiger partial charge in [-0.15, -0.1) is 0 Å². The maximum absolute atomic E-state index is 12.2. The van der Waals surface area contributed by atoms with Gasteiger partial charge in [0.05, 0.1) is 12.7 Å². The van der Waals surface area contributed by atoms with Crippen LogP contribution in [0.25, 0.3) is 0 Å². The minimum absolute atomic E-state index is 0.206. The SMILES string of the molecule is COC(=O)c1ccc(NC(=O)[C@H]2Cc3ccccc3O2)cc1. The Labute approximate surface area is 127 Å². The van der Waals surface area contributed by atoms with Crippen molar-refractivity contribution in [3.05, 3.63) is 59.7 Å². The van der Waals surface area contributed by atoms with Crippen LogP contribution in [-0.4, -0.2) is 25.1 Å². The first-order chi connectivity index (χ1) is 10.7. The van der Waals surface area contributed by atoms with E-state index in [0.717, 1.165) is 11.3 Å². The van der Waals surface area contributed by atoms with Crippen molar-refractivity contribution in [3.63, 3.8) is 0 Å². The lowest BCUT2D eigenvalue weighted by atomic mass is 10.1. The number of ether oxygens (including phenoxy) is 2. The van der Waals surface area contributed by atoms with E-state index in [-0.39, 0.29) is 5.91 Å². The molecule has 112 valence electrons. The number of para-hydroxylation sites is 1. The summed E-state index contributed by atoms with van der Waals surface area (Å²) in [6.07, 6.45) is 0.0279. The van der Waals surface area contributed by atoms with Gasteiger partial charge in [-0.25, -0.2) is 4.79 Å². The molecule has 2 aromatic carbocycles. The van der Waals surface area contributed by atoms with Crippen LogP contribution in [0.3, 0.4) is 0 Å². The molecule has 22 heavy (non-hydrogen) atoms. The van der Waals surface area contributed by atoms with Gasteiger partial charge in [-0.1, -0.05) is 18.2 Å². The number of methoxy groups -OCH3 is 1. The second-order valence-electron chi connectivity index (χ2n) is 4.98. The molecule has 0 spiro atoms. The molecule has 0 fully saturated rings. The summed E-state index contributed by atoms with van der Waals surface area (Å²) in [7, 11) is 1.33. The fourth-order valence-corrected chi connectivity index (χ4v) is 2.36. The molecule has 0 saturated carbocycles. The van der Waals surface area contributed by atoms with Crippen LogP contribution in [0.5, 0.6) is 5.75 Å². The summed E-state index contributed by atoms with van der Waals surface area (Å²) >= 11 is 0. The number of amides is 1. The van der Waals surface area contributed by atoms with E-state index in [0.29, 0.717) is 17.7 Å². The summed E-state index contributed by atoms with van der Waals surface area (Å²) in [6, 6.07) is 14.1. The second kappa shape index (κ2) is 5.89. The van der Waals surface area contributed by atoms with Gasteiger partial charge in [0.15, 0.2) is 6.10 Å². The molecule has 1 amide bonds. The van der Waals surface area contributed by atoms with Crippen LogP contribution in [0.1, 0.15) is 15.9 Å². The fraction of sp³-hybridized carbons (Fsp3) is 0.176. The molecule has 5 nitrogen and oxygen atoms in total. The molecule has 0 saturated heterocycles. The Morgan fingerprint density at radius 3 is 2.55 bits per heavy atom. The number of hydrogen-bond acceptors (Lipinski definition) is 4. The number of carbonyl (C=O) groups excluding carboxylic acids is 2. The molecule has 1 aliphatic rings. The Bertz CT molecular complexity index is 684. The van der Waals surface area contributed by atoms with Gasteiger partial charge in [0.25, 0.3) is 5.91 Å². The highest BCUT2D eigenvalue weighted by atomic mass is 16.5. The molecule has 0 bridgehead atoms. The highest BCUT2D eigenvalue weighted by Crippen LogP contribution is 2.28. The molecule has 1 atom stereocenters. The second-order valence-corrected chi connectivity index (χ2v) is 4.98. The number of hydrogen-bond donors (Lipinski definition) is 1. The lowest BCUT2D eigenvalue weighted by Gasteiger charge is -2.11. The van der Waals surface area contributed by atoms with E-state index in [1.807, 2.05) is 24.3 Å². The van der Waals surface area contributed by atoms with Crippen LogP contribution in [-0.2, 0) is 16.0 Å². The molecule has 1 aliphatic heterocycles. The molecule has 3 rings (SSSR count). The van der Waals surface area contributed by atoms with Crippen molar-refractivity contribution in [1.29, 1.82) is 0 Å². The first kappa shape index (κ1) is 14.1. The molecule has 0 aromatic heterocycles. The van der Waals surface area contributed by atoms with Gasteiger partial charge in [0, 0.05) is 12.1 Å². The number of carbonyl (C=O) groups is 2. The van der Waals surface area contributed by atoms with Gasteiger partial charge < -0.3 is 14.8 Å². The van der Waals surface area contributed by atoms with Crippen LogP contribution in [0.4, 0.5) is 5.69 Å².